The van der Waals surface area contributed by atoms with Gasteiger partial charge in [0.05, 0.1) is 6.26 Å². The maximum Gasteiger partial charge on any atom is 0.211 e. The highest BCUT2D eigenvalue weighted by Gasteiger charge is 2.29. The van der Waals surface area contributed by atoms with Crippen molar-refractivity contribution >= 4 is 10.0 Å². The zero-order chi connectivity index (χ0) is 15.5. The summed E-state index contributed by atoms with van der Waals surface area (Å²) in [6.45, 7) is 2.43. The maximum atomic E-state index is 11.7. The summed E-state index contributed by atoms with van der Waals surface area (Å²) in [5, 5.41) is 3.38. The molecule has 1 saturated carbocycles. The van der Waals surface area contributed by atoms with Crippen LogP contribution in [0.5, 0.6) is 0 Å². The van der Waals surface area contributed by atoms with Crippen molar-refractivity contribution < 1.29 is 8.42 Å². The van der Waals surface area contributed by atoms with E-state index >= 15 is 0 Å². The highest BCUT2D eigenvalue weighted by Crippen LogP contribution is 2.25. The molecule has 124 valence electrons. The maximum absolute atomic E-state index is 11.7. The number of hydrogen-bond donors (Lipinski definition) is 1. The molecule has 5 nitrogen and oxygen atoms in total. The van der Waals surface area contributed by atoms with Crippen molar-refractivity contribution in [3.05, 3.63) is 0 Å². The van der Waals surface area contributed by atoms with E-state index in [0.717, 1.165) is 19.4 Å². The summed E-state index contributed by atoms with van der Waals surface area (Å²) >= 11 is 0. The molecule has 0 radical (unpaired) electrons. The van der Waals surface area contributed by atoms with Crippen molar-refractivity contribution in [2.75, 3.05) is 40.0 Å². The monoisotopic (exact) mass is 317 g/mol. The van der Waals surface area contributed by atoms with E-state index < -0.39 is 10.0 Å². The van der Waals surface area contributed by atoms with Gasteiger partial charge in [0, 0.05) is 31.7 Å². The minimum absolute atomic E-state index is 0.487. The second-order valence-electron chi connectivity index (χ2n) is 6.86. The van der Waals surface area contributed by atoms with E-state index in [0.29, 0.717) is 31.1 Å². The first-order valence-corrected chi connectivity index (χ1v) is 10.1. The quantitative estimate of drug-likeness (QED) is 0.826. The summed E-state index contributed by atoms with van der Waals surface area (Å²) < 4.78 is 25.0. The first kappa shape index (κ1) is 17.2. The Morgan fingerprint density at radius 2 is 1.86 bits per heavy atom. The van der Waals surface area contributed by atoms with E-state index in [-0.39, 0.29) is 0 Å². The minimum Gasteiger partial charge on any atom is -0.317 e. The van der Waals surface area contributed by atoms with Crippen LogP contribution in [0.1, 0.15) is 38.5 Å². The van der Waals surface area contributed by atoms with Crippen LogP contribution in [-0.4, -0.2) is 69.7 Å². The molecule has 0 aromatic heterocycles. The lowest BCUT2D eigenvalue weighted by Gasteiger charge is -2.38. The van der Waals surface area contributed by atoms with Gasteiger partial charge < -0.3 is 10.2 Å². The third-order valence-electron chi connectivity index (χ3n) is 5.23. The van der Waals surface area contributed by atoms with Crippen molar-refractivity contribution in [1.82, 2.24) is 14.5 Å². The fourth-order valence-corrected chi connectivity index (χ4v) is 4.78. The van der Waals surface area contributed by atoms with Gasteiger partial charge in [-0.3, -0.25) is 0 Å². The van der Waals surface area contributed by atoms with E-state index in [2.05, 4.69) is 24.3 Å². The molecule has 0 amide bonds. The minimum atomic E-state index is -3.02. The lowest BCUT2D eigenvalue weighted by atomic mass is 9.89. The fourth-order valence-electron chi connectivity index (χ4n) is 3.84. The van der Waals surface area contributed by atoms with Gasteiger partial charge in [0.15, 0.2) is 0 Å². The Bertz CT molecular complexity index is 419. The van der Waals surface area contributed by atoms with Crippen LogP contribution in [0, 0.1) is 5.92 Å². The van der Waals surface area contributed by atoms with Gasteiger partial charge in [0.1, 0.15) is 0 Å². The Kier molecular flexibility index (Phi) is 6.05. The normalized spacial score (nSPS) is 32.5. The van der Waals surface area contributed by atoms with Crippen LogP contribution in [0.4, 0.5) is 0 Å². The molecular formula is C15H31N3O2S. The van der Waals surface area contributed by atoms with Gasteiger partial charge in [0.25, 0.3) is 0 Å². The molecule has 1 heterocycles. The smallest absolute Gasteiger partial charge is 0.211 e. The molecular weight excluding hydrogens is 286 g/mol. The Labute approximate surface area is 130 Å². The van der Waals surface area contributed by atoms with Gasteiger partial charge in [-0.1, -0.05) is 0 Å². The van der Waals surface area contributed by atoms with Crippen LogP contribution in [0.15, 0.2) is 0 Å². The molecule has 1 saturated heterocycles. The lowest BCUT2D eigenvalue weighted by molar-refractivity contribution is 0.132. The van der Waals surface area contributed by atoms with Gasteiger partial charge in [-0.05, 0) is 58.5 Å². The SMILES string of the molecule is CNC1CCC(N(C)CC2CCCN(S(C)(=O)=O)C2)CC1. The molecule has 2 rings (SSSR count). The third-order valence-corrected chi connectivity index (χ3v) is 6.49. The van der Waals surface area contributed by atoms with Gasteiger partial charge >= 0.3 is 0 Å². The predicted molar refractivity (Wildman–Crippen MR) is 86.9 cm³/mol. The summed E-state index contributed by atoms with van der Waals surface area (Å²) in [5.41, 5.74) is 0. The molecule has 1 N–H and O–H groups in total. The lowest BCUT2D eigenvalue weighted by Crippen LogP contribution is -2.46. The zero-order valence-corrected chi connectivity index (χ0v) is 14.5. The van der Waals surface area contributed by atoms with E-state index in [1.165, 1.54) is 31.9 Å². The highest BCUT2D eigenvalue weighted by atomic mass is 32.2. The number of nitrogens with one attached hydrogen (secondary N) is 1. The Balaban J connectivity index is 1.81. The first-order valence-electron chi connectivity index (χ1n) is 8.22. The summed E-state index contributed by atoms with van der Waals surface area (Å²) in [4.78, 5) is 2.47. The second kappa shape index (κ2) is 7.40. The van der Waals surface area contributed by atoms with Crippen LogP contribution in [0.3, 0.4) is 0 Å². The average molecular weight is 317 g/mol. The molecule has 1 aliphatic carbocycles. The van der Waals surface area contributed by atoms with Crippen LogP contribution in [0.25, 0.3) is 0 Å². The first-order chi connectivity index (χ1) is 9.90. The van der Waals surface area contributed by atoms with Gasteiger partial charge in [0.2, 0.25) is 10.0 Å². The van der Waals surface area contributed by atoms with Crippen molar-refractivity contribution in [3.63, 3.8) is 0 Å². The molecule has 1 atom stereocenters. The Hall–Kier alpha value is -0.170. The third kappa shape index (κ3) is 4.91. The number of sulfonamides is 1. The van der Waals surface area contributed by atoms with E-state index in [4.69, 9.17) is 0 Å². The van der Waals surface area contributed by atoms with E-state index in [1.807, 2.05) is 0 Å². The Morgan fingerprint density at radius 3 is 2.43 bits per heavy atom. The van der Waals surface area contributed by atoms with E-state index in [1.54, 1.807) is 4.31 Å². The van der Waals surface area contributed by atoms with Crippen LogP contribution < -0.4 is 5.32 Å². The fraction of sp³-hybridized carbons (Fsp3) is 1.00. The largest absolute Gasteiger partial charge is 0.317 e. The number of nitrogens with zero attached hydrogens (tertiary/aromatic N) is 2. The van der Waals surface area contributed by atoms with Crippen molar-refractivity contribution in [2.45, 2.75) is 50.6 Å². The topological polar surface area (TPSA) is 52.6 Å². The molecule has 2 fully saturated rings. The molecule has 6 heteroatoms. The molecule has 0 aromatic carbocycles. The number of rotatable bonds is 5. The number of hydrogen-bond acceptors (Lipinski definition) is 4. The molecule has 2 aliphatic rings. The van der Waals surface area contributed by atoms with Crippen LogP contribution >= 0.6 is 0 Å². The summed E-state index contributed by atoms with van der Waals surface area (Å²) in [6, 6.07) is 1.35. The van der Waals surface area contributed by atoms with Gasteiger partial charge in [-0.15, -0.1) is 0 Å². The molecule has 21 heavy (non-hydrogen) atoms. The molecule has 0 spiro atoms. The van der Waals surface area contributed by atoms with E-state index in [9.17, 15) is 8.42 Å². The standard InChI is InChI=1S/C15H31N3O2S/c1-16-14-6-8-15(9-7-14)17(2)11-13-5-4-10-18(12-13)21(3,19)20/h13-16H,4-12H2,1-3H3. The molecule has 1 unspecified atom stereocenters. The molecule has 1 aliphatic heterocycles. The van der Waals surface area contributed by atoms with Gasteiger partial charge in [-0.25, -0.2) is 12.7 Å². The summed E-state index contributed by atoms with van der Waals surface area (Å²) in [6.07, 6.45) is 8.50. The summed E-state index contributed by atoms with van der Waals surface area (Å²) in [7, 11) is 1.24. The van der Waals surface area contributed by atoms with Gasteiger partial charge in [-0.2, -0.15) is 0 Å². The van der Waals surface area contributed by atoms with Crippen LogP contribution in [-0.2, 0) is 10.0 Å². The average Bonchev–Trinajstić information content (AvgIpc) is 2.47. The summed E-state index contributed by atoms with van der Waals surface area (Å²) in [5.74, 6) is 0.487. The molecule has 0 aromatic rings. The zero-order valence-electron chi connectivity index (χ0n) is 13.7. The number of piperidine rings is 1. The van der Waals surface area contributed by atoms with Crippen LogP contribution in [0.2, 0.25) is 0 Å². The molecule has 0 bridgehead atoms. The van der Waals surface area contributed by atoms with Crippen molar-refractivity contribution in [2.24, 2.45) is 5.92 Å². The van der Waals surface area contributed by atoms with Crippen molar-refractivity contribution in [1.29, 1.82) is 0 Å². The highest BCUT2D eigenvalue weighted by molar-refractivity contribution is 7.88. The van der Waals surface area contributed by atoms with Crippen molar-refractivity contribution in [3.8, 4) is 0 Å². The second-order valence-corrected chi connectivity index (χ2v) is 8.85. The Morgan fingerprint density at radius 1 is 1.19 bits per heavy atom. The predicted octanol–water partition coefficient (Wildman–Crippen LogP) is 1.12.